The van der Waals surface area contributed by atoms with E-state index in [0.717, 1.165) is 19.0 Å². The second-order valence-corrected chi connectivity index (χ2v) is 8.02. The van der Waals surface area contributed by atoms with Gasteiger partial charge in [0.25, 0.3) is 5.91 Å². The first-order valence-corrected chi connectivity index (χ1v) is 9.28. The Hall–Kier alpha value is -2.28. The summed E-state index contributed by atoms with van der Waals surface area (Å²) in [4.78, 5) is 15.9. The van der Waals surface area contributed by atoms with Crippen molar-refractivity contribution in [3.05, 3.63) is 54.1 Å². The van der Waals surface area contributed by atoms with Crippen LogP contribution in [0.4, 0.5) is 10.1 Å². The van der Waals surface area contributed by atoms with Crippen LogP contribution in [0.1, 0.15) is 36.0 Å². The number of carbonyl (C=O) groups excluding carboxylic acids is 1. The van der Waals surface area contributed by atoms with E-state index in [1.807, 2.05) is 0 Å². The van der Waals surface area contributed by atoms with Crippen LogP contribution in [0.3, 0.4) is 0 Å². The topological polar surface area (TPSA) is 76.1 Å². The van der Waals surface area contributed by atoms with Crippen LogP contribution in [0.25, 0.3) is 0 Å². The lowest BCUT2D eigenvalue weighted by molar-refractivity contribution is 0.102. The molecule has 7 heteroatoms. The summed E-state index contributed by atoms with van der Waals surface area (Å²) < 4.78 is 38.8. The number of pyridine rings is 1. The maximum absolute atomic E-state index is 13.6. The Balaban J connectivity index is 1.83. The standard InChI is InChI=1S/C17H17FN2O3S/c18-16-11-19-9-8-15(16)17(21)20-12-4-3-7-14(10-12)24(22,23)13-5-1-2-6-13/h3-4,7-11,13H,1-2,5-6H2,(H,20,21). The zero-order valence-corrected chi connectivity index (χ0v) is 13.7. The highest BCUT2D eigenvalue weighted by molar-refractivity contribution is 7.92. The van der Waals surface area contributed by atoms with Gasteiger partial charge in [-0.3, -0.25) is 9.78 Å². The SMILES string of the molecule is O=C(Nc1cccc(S(=O)(=O)C2CCCC2)c1)c1ccncc1F. The van der Waals surface area contributed by atoms with Gasteiger partial charge in [0.15, 0.2) is 15.7 Å². The number of halogens is 1. The number of carbonyl (C=O) groups is 1. The predicted molar refractivity (Wildman–Crippen MR) is 88.0 cm³/mol. The summed E-state index contributed by atoms with van der Waals surface area (Å²) in [6, 6.07) is 7.36. The third-order valence-corrected chi connectivity index (χ3v) is 6.44. The summed E-state index contributed by atoms with van der Waals surface area (Å²) in [6.45, 7) is 0. The molecular formula is C17H17FN2O3S. The second kappa shape index (κ2) is 6.68. The molecular weight excluding hydrogens is 331 g/mol. The van der Waals surface area contributed by atoms with Crippen LogP contribution >= 0.6 is 0 Å². The summed E-state index contributed by atoms with van der Waals surface area (Å²) >= 11 is 0. The average molecular weight is 348 g/mol. The van der Waals surface area contributed by atoms with Crippen LogP contribution in [-0.2, 0) is 9.84 Å². The van der Waals surface area contributed by atoms with E-state index in [1.54, 1.807) is 12.1 Å². The summed E-state index contributed by atoms with van der Waals surface area (Å²) in [7, 11) is -3.41. The average Bonchev–Trinajstić information content (AvgIpc) is 3.11. The lowest BCUT2D eigenvalue weighted by atomic mass is 10.2. The summed E-state index contributed by atoms with van der Waals surface area (Å²) in [5.74, 6) is -1.38. The first kappa shape index (κ1) is 16.6. The molecule has 1 aromatic carbocycles. The molecule has 5 nitrogen and oxygen atoms in total. The Labute approximate surface area is 139 Å². The molecule has 24 heavy (non-hydrogen) atoms. The number of benzene rings is 1. The predicted octanol–water partition coefficient (Wildman–Crippen LogP) is 3.19. The number of anilines is 1. The Bertz CT molecular complexity index is 862. The molecule has 0 spiro atoms. The van der Waals surface area contributed by atoms with Crippen molar-refractivity contribution in [2.45, 2.75) is 35.8 Å². The highest BCUT2D eigenvalue weighted by Crippen LogP contribution is 2.30. The van der Waals surface area contributed by atoms with Gasteiger partial charge in [0.05, 0.1) is 21.9 Å². The van der Waals surface area contributed by atoms with Gasteiger partial charge in [0.2, 0.25) is 0 Å². The minimum Gasteiger partial charge on any atom is -0.322 e. The van der Waals surface area contributed by atoms with Crippen molar-refractivity contribution in [1.82, 2.24) is 4.98 Å². The van der Waals surface area contributed by atoms with Crippen molar-refractivity contribution >= 4 is 21.4 Å². The van der Waals surface area contributed by atoms with E-state index in [-0.39, 0.29) is 15.7 Å². The highest BCUT2D eigenvalue weighted by atomic mass is 32.2. The molecule has 1 aliphatic rings. The molecule has 0 bridgehead atoms. The lowest BCUT2D eigenvalue weighted by Crippen LogP contribution is -2.18. The quantitative estimate of drug-likeness (QED) is 0.921. The minimum atomic E-state index is -3.41. The van der Waals surface area contributed by atoms with Crippen LogP contribution < -0.4 is 5.32 Å². The van der Waals surface area contributed by atoms with Gasteiger partial charge in [-0.05, 0) is 37.1 Å². The molecule has 1 amide bonds. The molecule has 1 saturated carbocycles. The van der Waals surface area contributed by atoms with Gasteiger partial charge in [-0.1, -0.05) is 18.9 Å². The zero-order chi connectivity index (χ0) is 17.2. The largest absolute Gasteiger partial charge is 0.322 e. The van der Waals surface area contributed by atoms with Gasteiger partial charge < -0.3 is 5.32 Å². The monoisotopic (exact) mass is 348 g/mol. The van der Waals surface area contributed by atoms with E-state index < -0.39 is 21.6 Å². The van der Waals surface area contributed by atoms with Crippen LogP contribution in [0.5, 0.6) is 0 Å². The normalized spacial score (nSPS) is 15.4. The molecule has 0 aliphatic heterocycles. The van der Waals surface area contributed by atoms with Gasteiger partial charge in [-0.15, -0.1) is 0 Å². The smallest absolute Gasteiger partial charge is 0.258 e. The van der Waals surface area contributed by atoms with Gasteiger partial charge in [-0.2, -0.15) is 0 Å². The van der Waals surface area contributed by atoms with Gasteiger partial charge in [-0.25, -0.2) is 12.8 Å². The van der Waals surface area contributed by atoms with Crippen LogP contribution in [0.15, 0.2) is 47.6 Å². The Morgan fingerprint density at radius 2 is 1.96 bits per heavy atom. The molecule has 1 aliphatic carbocycles. The molecule has 0 unspecified atom stereocenters. The number of nitrogens with one attached hydrogen (secondary N) is 1. The van der Waals surface area contributed by atoms with E-state index in [2.05, 4.69) is 10.3 Å². The molecule has 1 aromatic heterocycles. The molecule has 2 aromatic rings. The molecule has 0 saturated heterocycles. The van der Waals surface area contributed by atoms with Crippen molar-refractivity contribution in [2.75, 3.05) is 5.32 Å². The number of hydrogen-bond donors (Lipinski definition) is 1. The van der Waals surface area contributed by atoms with E-state index in [9.17, 15) is 17.6 Å². The lowest BCUT2D eigenvalue weighted by Gasteiger charge is -2.12. The van der Waals surface area contributed by atoms with Gasteiger partial charge >= 0.3 is 0 Å². The van der Waals surface area contributed by atoms with Gasteiger partial charge in [0.1, 0.15) is 0 Å². The Kier molecular flexibility index (Phi) is 4.62. The second-order valence-electron chi connectivity index (χ2n) is 5.79. The molecule has 1 fully saturated rings. The fraction of sp³-hybridized carbons (Fsp3) is 0.294. The minimum absolute atomic E-state index is 0.144. The summed E-state index contributed by atoms with van der Waals surface area (Å²) in [6.07, 6.45) is 5.44. The maximum atomic E-state index is 13.6. The van der Waals surface area contributed by atoms with E-state index in [0.29, 0.717) is 18.5 Å². The van der Waals surface area contributed by atoms with Crippen LogP contribution in [-0.4, -0.2) is 24.6 Å². The molecule has 126 valence electrons. The number of nitrogens with zero attached hydrogens (tertiary/aromatic N) is 1. The van der Waals surface area contributed by atoms with Gasteiger partial charge in [0, 0.05) is 11.9 Å². The fourth-order valence-electron chi connectivity index (χ4n) is 2.90. The van der Waals surface area contributed by atoms with Crippen molar-refractivity contribution in [3.8, 4) is 0 Å². The maximum Gasteiger partial charge on any atom is 0.258 e. The summed E-state index contributed by atoms with van der Waals surface area (Å²) in [5.41, 5.74) is 0.171. The Morgan fingerprint density at radius 1 is 1.21 bits per heavy atom. The highest BCUT2D eigenvalue weighted by Gasteiger charge is 2.30. The van der Waals surface area contributed by atoms with Crippen molar-refractivity contribution in [3.63, 3.8) is 0 Å². The third-order valence-electron chi connectivity index (χ3n) is 4.18. The number of sulfone groups is 1. The molecule has 3 rings (SSSR count). The molecule has 0 atom stereocenters. The van der Waals surface area contributed by atoms with E-state index >= 15 is 0 Å². The zero-order valence-electron chi connectivity index (χ0n) is 12.9. The van der Waals surface area contributed by atoms with Crippen LogP contribution in [0.2, 0.25) is 0 Å². The molecule has 1 N–H and O–H groups in total. The van der Waals surface area contributed by atoms with E-state index in [4.69, 9.17) is 0 Å². The number of aromatic nitrogens is 1. The Morgan fingerprint density at radius 3 is 2.67 bits per heavy atom. The first-order chi connectivity index (χ1) is 11.5. The van der Waals surface area contributed by atoms with E-state index in [1.165, 1.54) is 24.4 Å². The number of hydrogen-bond acceptors (Lipinski definition) is 4. The summed E-state index contributed by atoms with van der Waals surface area (Å²) in [5, 5.41) is 2.17. The van der Waals surface area contributed by atoms with Crippen LogP contribution in [0, 0.1) is 5.82 Å². The fourth-order valence-corrected chi connectivity index (χ4v) is 4.80. The third kappa shape index (κ3) is 3.31. The molecule has 0 radical (unpaired) electrons. The van der Waals surface area contributed by atoms with Crippen molar-refractivity contribution in [2.24, 2.45) is 0 Å². The number of rotatable bonds is 4. The first-order valence-electron chi connectivity index (χ1n) is 7.73. The van der Waals surface area contributed by atoms with Crippen molar-refractivity contribution in [1.29, 1.82) is 0 Å². The molecule has 1 heterocycles. The van der Waals surface area contributed by atoms with Crippen molar-refractivity contribution < 1.29 is 17.6 Å². The number of amides is 1.